The maximum atomic E-state index is 4.37. The molecule has 0 fully saturated rings. The highest BCUT2D eigenvalue weighted by atomic mass is 32.1. The van der Waals surface area contributed by atoms with Crippen LogP contribution in [0.25, 0.3) is 0 Å². The first kappa shape index (κ1) is 15.0. The van der Waals surface area contributed by atoms with Gasteiger partial charge in [-0.25, -0.2) is 4.98 Å². The first-order valence-electron chi connectivity index (χ1n) is 7.09. The summed E-state index contributed by atoms with van der Waals surface area (Å²) in [6.07, 6.45) is 1.16. The van der Waals surface area contributed by atoms with E-state index >= 15 is 0 Å². The molecule has 1 N–H and O–H groups in total. The highest BCUT2D eigenvalue weighted by Crippen LogP contribution is 2.22. The number of hydrogen-bond acceptors (Lipinski definition) is 4. The summed E-state index contributed by atoms with van der Waals surface area (Å²) in [6.45, 7) is 7.18. The lowest BCUT2D eigenvalue weighted by atomic mass is 10.1. The number of benzene rings is 1. The third-order valence-corrected chi connectivity index (χ3v) is 3.91. The van der Waals surface area contributed by atoms with E-state index in [0.29, 0.717) is 0 Å². The summed E-state index contributed by atoms with van der Waals surface area (Å²) in [6, 6.07) is 6.66. The first-order chi connectivity index (χ1) is 9.70. The SMILES string of the molecule is CCCNCc1cc(C)ccc1N(C)Cc1cscn1. The lowest BCUT2D eigenvalue weighted by Crippen LogP contribution is -2.21. The van der Waals surface area contributed by atoms with E-state index in [1.165, 1.54) is 16.8 Å². The summed E-state index contributed by atoms with van der Waals surface area (Å²) in [5, 5.41) is 5.60. The molecule has 0 atom stereocenters. The number of rotatable bonds is 7. The normalized spacial score (nSPS) is 10.8. The van der Waals surface area contributed by atoms with Crippen molar-refractivity contribution in [2.45, 2.75) is 33.4 Å². The molecular weight excluding hydrogens is 266 g/mol. The Bertz CT molecular complexity index is 523. The number of anilines is 1. The fraction of sp³-hybridized carbons (Fsp3) is 0.438. The van der Waals surface area contributed by atoms with Gasteiger partial charge in [0.15, 0.2) is 0 Å². The summed E-state index contributed by atoms with van der Waals surface area (Å²) in [5.74, 6) is 0. The minimum Gasteiger partial charge on any atom is -0.368 e. The number of hydrogen-bond donors (Lipinski definition) is 1. The van der Waals surface area contributed by atoms with Crippen LogP contribution in [0.1, 0.15) is 30.2 Å². The molecule has 4 heteroatoms. The lowest BCUT2D eigenvalue weighted by Gasteiger charge is -2.22. The van der Waals surface area contributed by atoms with E-state index in [0.717, 1.165) is 31.7 Å². The van der Waals surface area contributed by atoms with Crippen molar-refractivity contribution in [1.82, 2.24) is 10.3 Å². The molecule has 0 bridgehead atoms. The van der Waals surface area contributed by atoms with E-state index in [4.69, 9.17) is 0 Å². The van der Waals surface area contributed by atoms with Crippen LogP contribution in [0.2, 0.25) is 0 Å². The Morgan fingerprint density at radius 3 is 2.90 bits per heavy atom. The van der Waals surface area contributed by atoms with Crippen LogP contribution in [0, 0.1) is 6.92 Å². The molecule has 1 aromatic carbocycles. The molecule has 2 aromatic rings. The summed E-state index contributed by atoms with van der Waals surface area (Å²) in [7, 11) is 2.13. The summed E-state index contributed by atoms with van der Waals surface area (Å²) < 4.78 is 0. The van der Waals surface area contributed by atoms with Gasteiger partial charge in [-0.05, 0) is 31.5 Å². The zero-order valence-electron chi connectivity index (χ0n) is 12.5. The molecule has 108 valence electrons. The number of aromatic nitrogens is 1. The van der Waals surface area contributed by atoms with Crippen molar-refractivity contribution in [2.24, 2.45) is 0 Å². The topological polar surface area (TPSA) is 28.2 Å². The second kappa shape index (κ2) is 7.41. The van der Waals surface area contributed by atoms with Crippen molar-refractivity contribution in [3.63, 3.8) is 0 Å². The Morgan fingerprint density at radius 1 is 1.35 bits per heavy atom. The van der Waals surface area contributed by atoms with Crippen LogP contribution in [0.3, 0.4) is 0 Å². The van der Waals surface area contributed by atoms with E-state index < -0.39 is 0 Å². The molecule has 0 saturated carbocycles. The van der Waals surface area contributed by atoms with Gasteiger partial charge in [-0.3, -0.25) is 0 Å². The Kier molecular flexibility index (Phi) is 5.56. The minimum atomic E-state index is 0.855. The fourth-order valence-corrected chi connectivity index (χ4v) is 2.82. The smallest absolute Gasteiger partial charge is 0.0795 e. The van der Waals surface area contributed by atoms with Gasteiger partial charge in [0.25, 0.3) is 0 Å². The Balaban J connectivity index is 2.12. The zero-order chi connectivity index (χ0) is 14.4. The summed E-state index contributed by atoms with van der Waals surface area (Å²) >= 11 is 1.65. The van der Waals surface area contributed by atoms with Gasteiger partial charge in [0.05, 0.1) is 17.7 Å². The van der Waals surface area contributed by atoms with E-state index in [1.54, 1.807) is 11.3 Å². The molecule has 0 aliphatic heterocycles. The van der Waals surface area contributed by atoms with Crippen LogP contribution < -0.4 is 10.2 Å². The molecule has 1 aromatic heterocycles. The zero-order valence-corrected chi connectivity index (χ0v) is 13.3. The number of thiazole rings is 1. The molecule has 0 radical (unpaired) electrons. The Hall–Kier alpha value is -1.39. The van der Waals surface area contributed by atoms with E-state index in [9.17, 15) is 0 Å². The van der Waals surface area contributed by atoms with E-state index in [2.05, 4.69) is 59.7 Å². The van der Waals surface area contributed by atoms with Gasteiger partial charge in [-0.2, -0.15) is 0 Å². The van der Waals surface area contributed by atoms with Gasteiger partial charge < -0.3 is 10.2 Å². The van der Waals surface area contributed by atoms with Crippen LogP contribution >= 0.6 is 11.3 Å². The van der Waals surface area contributed by atoms with Crippen LogP contribution in [-0.2, 0) is 13.1 Å². The third kappa shape index (κ3) is 4.05. The maximum absolute atomic E-state index is 4.37. The average molecular weight is 289 g/mol. The van der Waals surface area contributed by atoms with Gasteiger partial charge >= 0.3 is 0 Å². The standard InChI is InChI=1S/C16H23N3S/c1-4-7-17-9-14-8-13(2)5-6-16(14)19(3)10-15-11-20-12-18-15/h5-6,8,11-12,17H,4,7,9-10H2,1-3H3. The maximum Gasteiger partial charge on any atom is 0.0795 e. The van der Waals surface area contributed by atoms with Crippen molar-refractivity contribution < 1.29 is 0 Å². The van der Waals surface area contributed by atoms with Gasteiger partial charge in [0.1, 0.15) is 0 Å². The highest BCUT2D eigenvalue weighted by molar-refractivity contribution is 7.07. The van der Waals surface area contributed by atoms with Crippen molar-refractivity contribution in [3.8, 4) is 0 Å². The van der Waals surface area contributed by atoms with Gasteiger partial charge in [-0.1, -0.05) is 24.6 Å². The molecule has 0 amide bonds. The van der Waals surface area contributed by atoms with Crippen molar-refractivity contribution in [2.75, 3.05) is 18.5 Å². The summed E-state index contributed by atoms with van der Waals surface area (Å²) in [5.41, 5.74) is 6.97. The predicted molar refractivity (Wildman–Crippen MR) is 87.4 cm³/mol. The molecule has 0 unspecified atom stereocenters. The average Bonchev–Trinajstić information content (AvgIpc) is 2.92. The first-order valence-corrected chi connectivity index (χ1v) is 8.03. The van der Waals surface area contributed by atoms with Crippen LogP contribution in [-0.4, -0.2) is 18.6 Å². The van der Waals surface area contributed by atoms with E-state index in [1.807, 2.05) is 5.51 Å². The van der Waals surface area contributed by atoms with Crippen LogP contribution in [0.4, 0.5) is 5.69 Å². The monoisotopic (exact) mass is 289 g/mol. The third-order valence-electron chi connectivity index (χ3n) is 3.27. The van der Waals surface area contributed by atoms with Crippen molar-refractivity contribution >= 4 is 17.0 Å². The molecule has 3 nitrogen and oxygen atoms in total. The highest BCUT2D eigenvalue weighted by Gasteiger charge is 2.09. The minimum absolute atomic E-state index is 0.855. The lowest BCUT2D eigenvalue weighted by molar-refractivity contribution is 0.673. The van der Waals surface area contributed by atoms with Crippen LogP contribution in [0.5, 0.6) is 0 Å². The van der Waals surface area contributed by atoms with Gasteiger partial charge in [0.2, 0.25) is 0 Å². The molecule has 1 heterocycles. The Labute approximate surface area is 125 Å². The van der Waals surface area contributed by atoms with Crippen LogP contribution in [0.15, 0.2) is 29.1 Å². The second-order valence-corrected chi connectivity index (χ2v) is 5.86. The van der Waals surface area contributed by atoms with E-state index in [-0.39, 0.29) is 0 Å². The fourth-order valence-electron chi connectivity index (χ4n) is 2.27. The molecule has 20 heavy (non-hydrogen) atoms. The molecular formula is C16H23N3S. The molecule has 0 saturated heterocycles. The number of nitrogens with one attached hydrogen (secondary N) is 1. The summed E-state index contributed by atoms with van der Waals surface area (Å²) in [4.78, 5) is 6.64. The number of aryl methyl sites for hydroxylation is 1. The molecule has 0 spiro atoms. The largest absolute Gasteiger partial charge is 0.368 e. The quantitative estimate of drug-likeness (QED) is 0.790. The van der Waals surface area contributed by atoms with Gasteiger partial charge in [-0.15, -0.1) is 11.3 Å². The molecule has 0 aliphatic carbocycles. The second-order valence-electron chi connectivity index (χ2n) is 5.14. The number of nitrogens with zero attached hydrogens (tertiary/aromatic N) is 2. The molecule has 2 rings (SSSR count). The van der Waals surface area contributed by atoms with Gasteiger partial charge in [0, 0.05) is 24.7 Å². The van der Waals surface area contributed by atoms with Crippen molar-refractivity contribution in [3.05, 3.63) is 45.9 Å². The Morgan fingerprint density at radius 2 is 2.20 bits per heavy atom. The molecule has 0 aliphatic rings. The predicted octanol–water partition coefficient (Wildman–Crippen LogP) is 3.59. The van der Waals surface area contributed by atoms with Crippen molar-refractivity contribution in [1.29, 1.82) is 0 Å².